The lowest BCUT2D eigenvalue weighted by Crippen LogP contribution is -2.62. The number of imidazole rings is 1. The molecule has 108 valence electrons. The summed E-state index contributed by atoms with van der Waals surface area (Å²) in [6, 6.07) is 0.831. The molecule has 1 heterocycles. The molecule has 1 fully saturated rings. The van der Waals surface area contributed by atoms with Gasteiger partial charge in [-0.3, -0.25) is 0 Å². The van der Waals surface area contributed by atoms with Crippen LogP contribution in [0, 0.1) is 5.41 Å². The maximum atomic E-state index is 5.86. The van der Waals surface area contributed by atoms with Gasteiger partial charge < -0.3 is 15.0 Å². The van der Waals surface area contributed by atoms with Crippen LogP contribution in [0.3, 0.4) is 0 Å². The first-order chi connectivity index (χ1) is 9.15. The van der Waals surface area contributed by atoms with E-state index < -0.39 is 0 Å². The van der Waals surface area contributed by atoms with Gasteiger partial charge in [0, 0.05) is 30.5 Å². The lowest BCUT2D eigenvalue weighted by Gasteiger charge is -2.54. The predicted molar refractivity (Wildman–Crippen MR) is 77.0 cm³/mol. The minimum Gasteiger partial charge on any atom is -0.378 e. The van der Waals surface area contributed by atoms with E-state index in [0.717, 1.165) is 31.7 Å². The molecule has 0 radical (unpaired) electrons. The van der Waals surface area contributed by atoms with Crippen molar-refractivity contribution in [3.05, 3.63) is 18.2 Å². The van der Waals surface area contributed by atoms with Gasteiger partial charge >= 0.3 is 0 Å². The van der Waals surface area contributed by atoms with E-state index in [2.05, 4.69) is 43.0 Å². The van der Waals surface area contributed by atoms with E-state index in [1.807, 2.05) is 12.4 Å². The van der Waals surface area contributed by atoms with Crippen LogP contribution in [0.15, 0.2) is 12.4 Å². The van der Waals surface area contributed by atoms with Crippen molar-refractivity contribution in [1.82, 2.24) is 15.3 Å². The van der Waals surface area contributed by atoms with Crippen molar-refractivity contribution in [2.75, 3.05) is 6.61 Å². The molecule has 4 atom stereocenters. The SMILES string of the molecule is CCOC1CC(NC(CC)c2ncc[nH]2)C1(C)CC. The highest BCUT2D eigenvalue weighted by Crippen LogP contribution is 2.46. The second-order valence-corrected chi connectivity index (χ2v) is 5.69. The first-order valence-electron chi connectivity index (χ1n) is 7.52. The van der Waals surface area contributed by atoms with Crippen molar-refractivity contribution in [3.8, 4) is 0 Å². The number of nitrogens with zero attached hydrogens (tertiary/aromatic N) is 1. The molecule has 1 aromatic heterocycles. The van der Waals surface area contributed by atoms with Crippen molar-refractivity contribution in [3.63, 3.8) is 0 Å². The van der Waals surface area contributed by atoms with Crippen LogP contribution in [-0.2, 0) is 4.74 Å². The monoisotopic (exact) mass is 265 g/mol. The number of aromatic nitrogens is 2. The first kappa shape index (κ1) is 14.5. The van der Waals surface area contributed by atoms with E-state index in [1.54, 1.807) is 0 Å². The fourth-order valence-electron chi connectivity index (χ4n) is 3.11. The summed E-state index contributed by atoms with van der Waals surface area (Å²) >= 11 is 0. The zero-order chi connectivity index (χ0) is 13.9. The second kappa shape index (κ2) is 6.06. The molecule has 1 aromatic rings. The van der Waals surface area contributed by atoms with Gasteiger partial charge in [0.2, 0.25) is 0 Å². The van der Waals surface area contributed by atoms with Crippen LogP contribution in [-0.4, -0.2) is 28.7 Å². The molecule has 4 heteroatoms. The van der Waals surface area contributed by atoms with Crippen molar-refractivity contribution in [2.45, 2.75) is 65.1 Å². The fourth-order valence-corrected chi connectivity index (χ4v) is 3.11. The van der Waals surface area contributed by atoms with E-state index in [0.29, 0.717) is 18.2 Å². The van der Waals surface area contributed by atoms with Crippen LogP contribution >= 0.6 is 0 Å². The molecule has 1 aliphatic carbocycles. The Hall–Kier alpha value is -0.870. The van der Waals surface area contributed by atoms with Gasteiger partial charge in [-0.1, -0.05) is 20.8 Å². The fraction of sp³-hybridized carbons (Fsp3) is 0.800. The van der Waals surface area contributed by atoms with Crippen LogP contribution in [0.1, 0.15) is 58.8 Å². The highest BCUT2D eigenvalue weighted by atomic mass is 16.5. The number of aromatic amines is 1. The third kappa shape index (κ3) is 2.70. The Kier molecular flexibility index (Phi) is 4.63. The lowest BCUT2D eigenvalue weighted by molar-refractivity contribution is -0.128. The smallest absolute Gasteiger partial charge is 0.123 e. The summed E-state index contributed by atoms with van der Waals surface area (Å²) in [6.45, 7) is 9.68. The Balaban J connectivity index is 1.99. The molecule has 0 aliphatic heterocycles. The first-order valence-corrected chi connectivity index (χ1v) is 7.52. The van der Waals surface area contributed by atoms with Gasteiger partial charge in [-0.15, -0.1) is 0 Å². The summed E-state index contributed by atoms with van der Waals surface area (Å²) in [5, 5.41) is 3.76. The van der Waals surface area contributed by atoms with E-state index >= 15 is 0 Å². The third-order valence-corrected chi connectivity index (χ3v) is 4.77. The molecule has 19 heavy (non-hydrogen) atoms. The molecule has 0 aromatic carbocycles. The van der Waals surface area contributed by atoms with Crippen LogP contribution in [0.25, 0.3) is 0 Å². The van der Waals surface area contributed by atoms with E-state index in [4.69, 9.17) is 4.74 Å². The Morgan fingerprint density at radius 2 is 2.32 bits per heavy atom. The van der Waals surface area contributed by atoms with Gasteiger partial charge in [0.05, 0.1) is 12.1 Å². The quantitative estimate of drug-likeness (QED) is 0.796. The van der Waals surface area contributed by atoms with Crippen LogP contribution in [0.4, 0.5) is 0 Å². The second-order valence-electron chi connectivity index (χ2n) is 5.69. The molecular formula is C15H27N3O. The summed E-state index contributed by atoms with van der Waals surface area (Å²) in [5.41, 5.74) is 0.246. The molecule has 0 bridgehead atoms. The van der Waals surface area contributed by atoms with Crippen molar-refractivity contribution < 1.29 is 4.74 Å². The van der Waals surface area contributed by atoms with Crippen molar-refractivity contribution >= 4 is 0 Å². The van der Waals surface area contributed by atoms with Gasteiger partial charge in [-0.2, -0.15) is 0 Å². The maximum Gasteiger partial charge on any atom is 0.123 e. The molecule has 1 aliphatic rings. The molecular weight excluding hydrogens is 238 g/mol. The third-order valence-electron chi connectivity index (χ3n) is 4.77. The van der Waals surface area contributed by atoms with Crippen LogP contribution in [0.2, 0.25) is 0 Å². The molecule has 4 unspecified atom stereocenters. The van der Waals surface area contributed by atoms with E-state index in [9.17, 15) is 0 Å². The number of hydrogen-bond acceptors (Lipinski definition) is 3. The predicted octanol–water partition coefficient (Wildman–Crippen LogP) is 3.04. The highest BCUT2D eigenvalue weighted by molar-refractivity contribution is 5.07. The molecule has 1 saturated carbocycles. The Morgan fingerprint density at radius 1 is 1.53 bits per heavy atom. The Labute approximate surface area is 116 Å². The van der Waals surface area contributed by atoms with E-state index in [-0.39, 0.29) is 5.41 Å². The number of H-pyrrole nitrogens is 1. The van der Waals surface area contributed by atoms with Gasteiger partial charge in [0.25, 0.3) is 0 Å². The van der Waals surface area contributed by atoms with Crippen LogP contribution < -0.4 is 5.32 Å². The zero-order valence-corrected chi connectivity index (χ0v) is 12.6. The average Bonchev–Trinajstić information content (AvgIpc) is 2.95. The average molecular weight is 265 g/mol. The van der Waals surface area contributed by atoms with Gasteiger partial charge in [0.15, 0.2) is 0 Å². The lowest BCUT2D eigenvalue weighted by atomic mass is 9.61. The minimum atomic E-state index is 0.246. The summed E-state index contributed by atoms with van der Waals surface area (Å²) < 4.78 is 5.86. The highest BCUT2D eigenvalue weighted by Gasteiger charge is 2.51. The summed E-state index contributed by atoms with van der Waals surface area (Å²) in [5.74, 6) is 1.04. The maximum absolute atomic E-state index is 5.86. The Morgan fingerprint density at radius 3 is 2.84 bits per heavy atom. The summed E-state index contributed by atoms with van der Waals surface area (Å²) in [4.78, 5) is 7.60. The van der Waals surface area contributed by atoms with E-state index in [1.165, 1.54) is 0 Å². The van der Waals surface area contributed by atoms with Crippen LogP contribution in [0.5, 0.6) is 0 Å². The number of hydrogen-bond donors (Lipinski definition) is 2. The summed E-state index contributed by atoms with van der Waals surface area (Å²) in [7, 11) is 0. The molecule has 2 N–H and O–H groups in total. The number of ether oxygens (including phenoxy) is 1. The molecule has 4 nitrogen and oxygen atoms in total. The zero-order valence-electron chi connectivity index (χ0n) is 12.6. The largest absolute Gasteiger partial charge is 0.378 e. The summed E-state index contributed by atoms with van der Waals surface area (Å²) in [6.07, 6.45) is 7.40. The minimum absolute atomic E-state index is 0.246. The number of nitrogens with one attached hydrogen (secondary N) is 2. The van der Waals surface area contributed by atoms with Crippen molar-refractivity contribution in [1.29, 1.82) is 0 Å². The number of rotatable bonds is 7. The normalized spacial score (nSPS) is 32.0. The Bertz CT molecular complexity index is 379. The molecule has 0 spiro atoms. The molecule has 0 amide bonds. The van der Waals surface area contributed by atoms with Gasteiger partial charge in [0.1, 0.15) is 5.82 Å². The molecule has 2 rings (SSSR count). The topological polar surface area (TPSA) is 49.9 Å². The van der Waals surface area contributed by atoms with Gasteiger partial charge in [-0.25, -0.2) is 4.98 Å². The standard InChI is InChI=1S/C15H27N3O/c1-5-11(14-16-8-9-17-14)18-12-10-13(19-7-3)15(12,4)6-2/h8-9,11-13,18H,5-7,10H2,1-4H3,(H,16,17). The van der Waals surface area contributed by atoms with Gasteiger partial charge in [-0.05, 0) is 26.2 Å². The van der Waals surface area contributed by atoms with Crippen molar-refractivity contribution in [2.24, 2.45) is 5.41 Å². The molecule has 0 saturated heterocycles.